The molecule has 2 heterocycles. The van der Waals surface area contributed by atoms with Gasteiger partial charge in [-0.15, -0.1) is 11.8 Å². The van der Waals surface area contributed by atoms with Crippen molar-refractivity contribution in [3.8, 4) is 17.2 Å². The van der Waals surface area contributed by atoms with Crippen LogP contribution in [0, 0.1) is 12.7 Å². The van der Waals surface area contributed by atoms with Crippen molar-refractivity contribution in [1.29, 1.82) is 0 Å². The number of benzene rings is 2. The van der Waals surface area contributed by atoms with E-state index >= 15 is 0 Å². The van der Waals surface area contributed by atoms with E-state index in [1.807, 2.05) is 55.1 Å². The number of rotatable bonds is 6. The zero-order valence-corrected chi connectivity index (χ0v) is 17.5. The van der Waals surface area contributed by atoms with E-state index in [1.165, 1.54) is 12.1 Å². The van der Waals surface area contributed by atoms with Crippen LogP contribution < -0.4 is 4.74 Å². The fraction of sp³-hybridized carbons (Fsp3) is 0.348. The summed E-state index contributed by atoms with van der Waals surface area (Å²) in [5.74, 6) is 2.17. The Hall–Kier alpha value is -2.31. The fourth-order valence-corrected chi connectivity index (χ4v) is 4.66. The highest BCUT2D eigenvalue weighted by Gasteiger charge is 2.22. The number of thioether (sulfide) groups is 1. The van der Waals surface area contributed by atoms with Crippen molar-refractivity contribution in [2.45, 2.75) is 36.5 Å². The molecule has 0 spiro atoms. The molecule has 0 N–H and O–H groups in total. The van der Waals surface area contributed by atoms with Gasteiger partial charge in [-0.05, 0) is 81.4 Å². The highest BCUT2D eigenvalue weighted by molar-refractivity contribution is 8.00. The number of aromatic nitrogens is 1. The first-order chi connectivity index (χ1) is 14.1. The molecule has 4 rings (SSSR count). The number of methoxy groups -OCH3 is 1. The molecule has 0 amide bonds. The van der Waals surface area contributed by atoms with Crippen LogP contribution in [0.4, 0.5) is 4.39 Å². The molecular weight excluding hydrogens is 387 g/mol. The molecule has 1 aliphatic heterocycles. The second-order valence-corrected chi connectivity index (χ2v) is 8.67. The summed E-state index contributed by atoms with van der Waals surface area (Å²) in [5, 5.41) is 0.574. The van der Waals surface area contributed by atoms with Crippen molar-refractivity contribution in [3.63, 3.8) is 0 Å². The Kier molecular flexibility index (Phi) is 6.21. The summed E-state index contributed by atoms with van der Waals surface area (Å²) in [5.41, 5.74) is 1.95. The Bertz CT molecular complexity index is 933. The summed E-state index contributed by atoms with van der Waals surface area (Å²) >= 11 is 1.85. The minimum absolute atomic E-state index is 0.179. The van der Waals surface area contributed by atoms with Crippen LogP contribution in [0.25, 0.3) is 11.5 Å². The van der Waals surface area contributed by atoms with E-state index in [1.54, 1.807) is 7.11 Å². The molecule has 0 saturated carbocycles. The predicted molar refractivity (Wildman–Crippen MR) is 114 cm³/mol. The molecule has 6 heteroatoms. The molecule has 2 aromatic carbocycles. The average molecular weight is 413 g/mol. The molecule has 1 aromatic heterocycles. The van der Waals surface area contributed by atoms with E-state index in [0.717, 1.165) is 60.1 Å². The van der Waals surface area contributed by atoms with Gasteiger partial charge in [0.25, 0.3) is 0 Å². The lowest BCUT2D eigenvalue weighted by molar-refractivity contribution is 0.221. The summed E-state index contributed by atoms with van der Waals surface area (Å²) in [6.07, 6.45) is 2.23. The van der Waals surface area contributed by atoms with Crippen molar-refractivity contribution >= 4 is 11.8 Å². The van der Waals surface area contributed by atoms with Gasteiger partial charge in [-0.3, -0.25) is 4.90 Å². The van der Waals surface area contributed by atoms with E-state index in [2.05, 4.69) is 4.90 Å². The number of hydrogen-bond acceptors (Lipinski definition) is 5. The van der Waals surface area contributed by atoms with Gasteiger partial charge in [0.1, 0.15) is 17.3 Å². The zero-order valence-electron chi connectivity index (χ0n) is 16.7. The lowest BCUT2D eigenvalue weighted by atomic mass is 10.1. The standard InChI is InChI=1S/C23H25FN2O2S/c1-16-22(25-23(28-16)17-3-7-19(27-2)8-4-17)15-26-13-11-21(12-14-26)29-20-9-5-18(24)6-10-20/h3-10,21H,11-15H2,1-2H3. The maximum atomic E-state index is 13.1. The fourth-order valence-electron chi connectivity index (χ4n) is 3.53. The van der Waals surface area contributed by atoms with Gasteiger partial charge in [-0.2, -0.15) is 0 Å². The number of piperidine rings is 1. The molecular formula is C23H25FN2O2S. The SMILES string of the molecule is COc1ccc(-c2nc(CN3CCC(Sc4ccc(F)cc4)CC3)c(C)o2)cc1. The topological polar surface area (TPSA) is 38.5 Å². The molecule has 0 atom stereocenters. The van der Waals surface area contributed by atoms with Crippen LogP contribution in [0.5, 0.6) is 5.75 Å². The van der Waals surface area contributed by atoms with Gasteiger partial charge >= 0.3 is 0 Å². The normalized spacial score (nSPS) is 15.6. The zero-order chi connectivity index (χ0) is 20.2. The van der Waals surface area contributed by atoms with Gasteiger partial charge < -0.3 is 9.15 Å². The van der Waals surface area contributed by atoms with Crippen LogP contribution in [0.3, 0.4) is 0 Å². The van der Waals surface area contributed by atoms with Crippen LogP contribution in [-0.2, 0) is 6.54 Å². The lowest BCUT2D eigenvalue weighted by Crippen LogP contribution is -2.34. The van der Waals surface area contributed by atoms with Gasteiger partial charge in [0.2, 0.25) is 5.89 Å². The Balaban J connectivity index is 1.33. The second kappa shape index (κ2) is 9.01. The molecule has 1 fully saturated rings. The first-order valence-electron chi connectivity index (χ1n) is 9.86. The van der Waals surface area contributed by atoms with E-state index in [9.17, 15) is 4.39 Å². The molecule has 29 heavy (non-hydrogen) atoms. The van der Waals surface area contributed by atoms with Crippen molar-refractivity contribution < 1.29 is 13.5 Å². The van der Waals surface area contributed by atoms with Crippen LogP contribution in [0.1, 0.15) is 24.3 Å². The first-order valence-corrected chi connectivity index (χ1v) is 10.7. The Labute approximate surface area is 175 Å². The summed E-state index contributed by atoms with van der Waals surface area (Å²) in [6, 6.07) is 14.6. The summed E-state index contributed by atoms with van der Waals surface area (Å²) in [7, 11) is 1.66. The predicted octanol–water partition coefficient (Wildman–Crippen LogP) is 5.55. The monoisotopic (exact) mass is 412 g/mol. The summed E-state index contributed by atoms with van der Waals surface area (Å²) in [4.78, 5) is 8.31. The third-order valence-corrected chi connectivity index (χ3v) is 6.60. The van der Waals surface area contributed by atoms with Gasteiger partial charge in [-0.1, -0.05) is 0 Å². The number of halogens is 1. The number of aryl methyl sites for hydroxylation is 1. The van der Waals surface area contributed by atoms with Crippen molar-refractivity contribution in [2.24, 2.45) is 0 Å². The largest absolute Gasteiger partial charge is 0.497 e. The number of likely N-dealkylation sites (tertiary alicyclic amines) is 1. The molecule has 3 aromatic rings. The van der Waals surface area contributed by atoms with E-state index in [4.69, 9.17) is 14.1 Å². The molecule has 152 valence electrons. The first kappa shape index (κ1) is 20.0. The summed E-state index contributed by atoms with van der Waals surface area (Å²) in [6.45, 7) is 4.85. The van der Waals surface area contributed by atoms with Gasteiger partial charge in [0, 0.05) is 22.3 Å². The Morgan fingerprint density at radius 2 is 1.79 bits per heavy atom. The second-order valence-electron chi connectivity index (χ2n) is 7.30. The van der Waals surface area contributed by atoms with Crippen LogP contribution in [0.2, 0.25) is 0 Å². The lowest BCUT2D eigenvalue weighted by Gasteiger charge is -2.31. The van der Waals surface area contributed by atoms with Crippen molar-refractivity contribution in [2.75, 3.05) is 20.2 Å². The average Bonchev–Trinajstić information content (AvgIpc) is 3.11. The highest BCUT2D eigenvalue weighted by Crippen LogP contribution is 2.31. The third-order valence-electron chi connectivity index (χ3n) is 5.25. The Morgan fingerprint density at radius 3 is 2.45 bits per heavy atom. The molecule has 0 unspecified atom stereocenters. The van der Waals surface area contributed by atoms with Gasteiger partial charge in [0.15, 0.2) is 0 Å². The summed E-state index contributed by atoms with van der Waals surface area (Å²) < 4.78 is 24.2. The molecule has 0 aliphatic carbocycles. The minimum atomic E-state index is -0.179. The van der Waals surface area contributed by atoms with E-state index in [-0.39, 0.29) is 5.82 Å². The third kappa shape index (κ3) is 5.00. The molecule has 1 aliphatic rings. The smallest absolute Gasteiger partial charge is 0.226 e. The maximum Gasteiger partial charge on any atom is 0.226 e. The van der Waals surface area contributed by atoms with Crippen molar-refractivity contribution in [3.05, 3.63) is 65.8 Å². The van der Waals surface area contributed by atoms with Crippen LogP contribution in [0.15, 0.2) is 57.8 Å². The van der Waals surface area contributed by atoms with Crippen molar-refractivity contribution in [1.82, 2.24) is 9.88 Å². The molecule has 4 nitrogen and oxygen atoms in total. The maximum absolute atomic E-state index is 13.1. The number of oxazole rings is 1. The molecule has 1 saturated heterocycles. The Morgan fingerprint density at radius 1 is 1.10 bits per heavy atom. The van der Waals surface area contributed by atoms with Crippen LogP contribution >= 0.6 is 11.8 Å². The van der Waals surface area contributed by atoms with Gasteiger partial charge in [-0.25, -0.2) is 9.37 Å². The number of hydrogen-bond donors (Lipinski definition) is 0. The van der Waals surface area contributed by atoms with Crippen LogP contribution in [-0.4, -0.2) is 35.3 Å². The van der Waals surface area contributed by atoms with Gasteiger partial charge in [0.05, 0.1) is 12.8 Å². The number of nitrogens with zero attached hydrogens (tertiary/aromatic N) is 2. The minimum Gasteiger partial charge on any atom is -0.497 e. The van der Waals surface area contributed by atoms with E-state index < -0.39 is 0 Å². The molecule has 0 bridgehead atoms. The van der Waals surface area contributed by atoms with E-state index in [0.29, 0.717) is 11.1 Å². The quantitative estimate of drug-likeness (QED) is 0.530. The molecule has 0 radical (unpaired) electrons. The highest BCUT2D eigenvalue weighted by atomic mass is 32.2. The number of ether oxygens (including phenoxy) is 1.